The van der Waals surface area contributed by atoms with E-state index in [0.29, 0.717) is 32.1 Å². The van der Waals surface area contributed by atoms with E-state index in [2.05, 4.69) is 9.88 Å². The summed E-state index contributed by atoms with van der Waals surface area (Å²) in [6.07, 6.45) is 0.0695. The van der Waals surface area contributed by atoms with E-state index in [4.69, 9.17) is 9.47 Å². The lowest BCUT2D eigenvalue weighted by atomic mass is 10.0. The van der Waals surface area contributed by atoms with Crippen molar-refractivity contribution in [3.8, 4) is 0 Å². The molecule has 3 heterocycles. The molecule has 2 aliphatic rings. The summed E-state index contributed by atoms with van der Waals surface area (Å²) in [5.41, 5.74) is 2.22. The largest absolute Gasteiger partial charge is 0.379 e. The van der Waals surface area contributed by atoms with Crippen LogP contribution in [0.4, 0.5) is 0 Å². The van der Waals surface area contributed by atoms with Gasteiger partial charge in [-0.2, -0.15) is 0 Å². The maximum Gasteiger partial charge on any atom is 0.273 e. The molecule has 1 amide bonds. The van der Waals surface area contributed by atoms with Crippen molar-refractivity contribution >= 4 is 17.2 Å². The number of likely N-dealkylation sites (N-methyl/N-ethyl adjacent to an activating group) is 1. The zero-order chi connectivity index (χ0) is 14.8. The highest BCUT2D eigenvalue weighted by Crippen LogP contribution is 2.33. The van der Waals surface area contributed by atoms with E-state index in [1.165, 1.54) is 11.3 Å². The van der Waals surface area contributed by atoms with Crippen molar-refractivity contribution in [1.82, 2.24) is 14.8 Å². The fourth-order valence-electron chi connectivity index (χ4n) is 2.96. The molecule has 1 aromatic heterocycles. The third kappa shape index (κ3) is 3.11. The molecule has 2 saturated heterocycles. The van der Waals surface area contributed by atoms with Gasteiger partial charge in [-0.15, -0.1) is 11.3 Å². The van der Waals surface area contributed by atoms with Gasteiger partial charge < -0.3 is 19.3 Å². The molecule has 0 unspecified atom stereocenters. The molecular formula is C14H21N3O3S. The summed E-state index contributed by atoms with van der Waals surface area (Å²) in [4.78, 5) is 20.6. The maximum atomic E-state index is 12.5. The first-order valence-electron chi connectivity index (χ1n) is 7.20. The van der Waals surface area contributed by atoms with E-state index >= 15 is 0 Å². The van der Waals surface area contributed by atoms with E-state index < -0.39 is 0 Å². The number of carbonyl (C=O) groups excluding carboxylic acids is 1. The standard InChI is InChI=1S/C14H21N3O3S/c1-16(2)3-4-20-13-5-17(12-7-19-6-10(12)13)14(18)11-8-21-9-15-11/h8-10,12-13H,3-7H2,1-2H3/t10-,12+,13-/m1/s1. The van der Waals surface area contributed by atoms with Crippen molar-refractivity contribution in [2.45, 2.75) is 12.1 Å². The van der Waals surface area contributed by atoms with Gasteiger partial charge in [0.15, 0.2) is 0 Å². The molecule has 2 fully saturated rings. The second kappa shape index (κ2) is 6.39. The van der Waals surface area contributed by atoms with Gasteiger partial charge in [0.05, 0.1) is 37.5 Å². The van der Waals surface area contributed by atoms with Gasteiger partial charge in [-0.1, -0.05) is 0 Å². The fourth-order valence-corrected chi connectivity index (χ4v) is 3.49. The van der Waals surface area contributed by atoms with Crippen LogP contribution in [0.3, 0.4) is 0 Å². The summed E-state index contributed by atoms with van der Waals surface area (Å²) in [6, 6.07) is 0.128. The number of ether oxygens (including phenoxy) is 2. The molecule has 1 aromatic rings. The maximum absolute atomic E-state index is 12.5. The average molecular weight is 311 g/mol. The second-order valence-electron chi connectivity index (χ2n) is 5.81. The highest BCUT2D eigenvalue weighted by atomic mass is 32.1. The summed E-state index contributed by atoms with van der Waals surface area (Å²) in [6.45, 7) is 3.49. The van der Waals surface area contributed by atoms with Crippen LogP contribution in [-0.4, -0.2) is 79.8 Å². The van der Waals surface area contributed by atoms with Crippen LogP contribution in [0.1, 0.15) is 10.5 Å². The van der Waals surface area contributed by atoms with Gasteiger partial charge in [0.2, 0.25) is 0 Å². The molecule has 0 aromatic carbocycles. The molecule has 3 atom stereocenters. The predicted octanol–water partition coefficient (Wildman–Crippen LogP) is 0.561. The van der Waals surface area contributed by atoms with Crippen molar-refractivity contribution in [1.29, 1.82) is 0 Å². The topological polar surface area (TPSA) is 54.9 Å². The number of rotatable bonds is 5. The van der Waals surface area contributed by atoms with Crippen LogP contribution in [0.15, 0.2) is 10.9 Å². The Morgan fingerprint density at radius 2 is 2.43 bits per heavy atom. The Hall–Kier alpha value is -1.02. The minimum atomic E-state index is -0.00420. The molecule has 2 aliphatic heterocycles. The summed E-state index contributed by atoms with van der Waals surface area (Å²) in [7, 11) is 4.05. The number of hydrogen-bond donors (Lipinski definition) is 0. The van der Waals surface area contributed by atoms with E-state index in [9.17, 15) is 4.79 Å². The molecule has 116 valence electrons. The van der Waals surface area contributed by atoms with Crippen LogP contribution in [0, 0.1) is 5.92 Å². The molecule has 0 radical (unpaired) electrons. The molecular weight excluding hydrogens is 290 g/mol. The van der Waals surface area contributed by atoms with Crippen LogP contribution < -0.4 is 0 Å². The molecule has 21 heavy (non-hydrogen) atoms. The Morgan fingerprint density at radius 3 is 3.14 bits per heavy atom. The van der Waals surface area contributed by atoms with E-state index in [1.54, 1.807) is 10.9 Å². The van der Waals surface area contributed by atoms with Crippen LogP contribution in [0.25, 0.3) is 0 Å². The number of hydrogen-bond acceptors (Lipinski definition) is 6. The van der Waals surface area contributed by atoms with Gasteiger partial charge in [-0.05, 0) is 14.1 Å². The molecule has 0 bridgehead atoms. The molecule has 6 nitrogen and oxygen atoms in total. The molecule has 0 N–H and O–H groups in total. The van der Waals surface area contributed by atoms with Crippen LogP contribution in [0.2, 0.25) is 0 Å². The zero-order valence-electron chi connectivity index (χ0n) is 12.4. The fraction of sp³-hybridized carbons (Fsp3) is 0.714. The normalized spacial score (nSPS) is 28.3. The first kappa shape index (κ1) is 14.9. The number of amides is 1. The minimum Gasteiger partial charge on any atom is -0.379 e. The lowest BCUT2D eigenvalue weighted by Crippen LogP contribution is -2.38. The van der Waals surface area contributed by atoms with Crippen molar-refractivity contribution < 1.29 is 14.3 Å². The molecule has 3 rings (SSSR count). The van der Waals surface area contributed by atoms with Crippen molar-refractivity contribution in [3.05, 3.63) is 16.6 Å². The van der Waals surface area contributed by atoms with Crippen LogP contribution >= 0.6 is 11.3 Å². The third-order valence-electron chi connectivity index (χ3n) is 4.13. The van der Waals surface area contributed by atoms with Crippen LogP contribution in [0.5, 0.6) is 0 Å². The van der Waals surface area contributed by atoms with E-state index in [1.807, 2.05) is 19.0 Å². The number of likely N-dealkylation sites (tertiary alicyclic amines) is 1. The first-order chi connectivity index (χ1) is 10.2. The van der Waals surface area contributed by atoms with Gasteiger partial charge in [-0.25, -0.2) is 4.98 Å². The van der Waals surface area contributed by atoms with Gasteiger partial charge in [0.25, 0.3) is 5.91 Å². The summed E-state index contributed by atoms with van der Waals surface area (Å²) >= 11 is 1.44. The second-order valence-corrected chi connectivity index (χ2v) is 6.53. The summed E-state index contributed by atoms with van der Waals surface area (Å²) < 4.78 is 11.6. The van der Waals surface area contributed by atoms with E-state index in [0.717, 1.165) is 6.54 Å². The van der Waals surface area contributed by atoms with Crippen molar-refractivity contribution in [2.24, 2.45) is 5.92 Å². The molecule has 0 spiro atoms. The van der Waals surface area contributed by atoms with Gasteiger partial charge in [-0.3, -0.25) is 4.79 Å². The lowest BCUT2D eigenvalue weighted by Gasteiger charge is -2.21. The van der Waals surface area contributed by atoms with Crippen molar-refractivity contribution in [2.75, 3.05) is 47.0 Å². The quantitative estimate of drug-likeness (QED) is 0.795. The third-order valence-corrected chi connectivity index (χ3v) is 4.72. The molecule has 0 aliphatic carbocycles. The Morgan fingerprint density at radius 1 is 1.57 bits per heavy atom. The lowest BCUT2D eigenvalue weighted by molar-refractivity contribution is 0.0135. The predicted molar refractivity (Wildman–Crippen MR) is 79.5 cm³/mol. The van der Waals surface area contributed by atoms with Gasteiger partial charge in [0.1, 0.15) is 5.69 Å². The first-order valence-corrected chi connectivity index (χ1v) is 8.14. The highest BCUT2D eigenvalue weighted by Gasteiger charge is 2.48. The smallest absolute Gasteiger partial charge is 0.273 e. The van der Waals surface area contributed by atoms with Crippen molar-refractivity contribution in [3.63, 3.8) is 0 Å². The summed E-state index contributed by atoms with van der Waals surface area (Å²) in [5.74, 6) is 0.283. The Balaban J connectivity index is 1.65. The SMILES string of the molecule is CN(C)CCO[C@@H]1CN(C(=O)c2cscn2)[C@H]2COC[C@@H]12. The Kier molecular flexibility index (Phi) is 4.54. The number of carbonyl (C=O) groups is 1. The van der Waals surface area contributed by atoms with Gasteiger partial charge >= 0.3 is 0 Å². The molecule has 0 saturated carbocycles. The number of nitrogens with zero attached hydrogens (tertiary/aromatic N) is 3. The summed E-state index contributed by atoms with van der Waals surface area (Å²) in [5, 5.41) is 1.80. The Labute approximate surface area is 128 Å². The average Bonchev–Trinajstić information content (AvgIpc) is 3.16. The Bertz CT molecular complexity index is 480. The number of thiazole rings is 1. The number of fused-ring (bicyclic) bond motifs is 1. The number of aromatic nitrogens is 1. The van der Waals surface area contributed by atoms with E-state index in [-0.39, 0.29) is 24.0 Å². The monoisotopic (exact) mass is 311 g/mol. The minimum absolute atomic E-state index is 0.00420. The molecule has 7 heteroatoms. The van der Waals surface area contributed by atoms with Crippen LogP contribution in [-0.2, 0) is 9.47 Å². The zero-order valence-corrected chi connectivity index (χ0v) is 13.2. The van der Waals surface area contributed by atoms with Gasteiger partial charge in [0, 0.05) is 24.4 Å². The highest BCUT2D eigenvalue weighted by molar-refractivity contribution is 7.07.